The van der Waals surface area contributed by atoms with E-state index in [1.54, 1.807) is 0 Å². The molecule has 0 amide bonds. The molecule has 2 heteroatoms. The molecule has 88 valence electrons. The molecule has 18 heavy (non-hydrogen) atoms. The Hall–Kier alpha value is -2.48. The van der Waals surface area contributed by atoms with Gasteiger partial charge < -0.3 is 0 Å². The molecule has 2 aromatic rings. The van der Waals surface area contributed by atoms with Gasteiger partial charge in [-0.15, -0.1) is 0 Å². The molecule has 2 rings (SSSR count). The Bertz CT molecular complexity index is 515. The molecule has 0 N–H and O–H groups in total. The Kier molecular flexibility index (Phi) is 3.82. The molecule has 0 fully saturated rings. The van der Waals surface area contributed by atoms with E-state index in [-0.39, 0.29) is 0 Å². The van der Waals surface area contributed by atoms with E-state index in [2.05, 4.69) is 0 Å². The van der Waals surface area contributed by atoms with Gasteiger partial charge in [0.1, 0.15) is 0 Å². The van der Waals surface area contributed by atoms with Crippen LogP contribution in [0.4, 0.5) is 0 Å². The SMILES string of the molecule is O=C/C(=C(/C=O)c1ccccc1)c1ccccc1. The molecule has 0 aliphatic rings. The minimum absolute atomic E-state index is 0.414. The Morgan fingerprint density at radius 2 is 0.944 bits per heavy atom. The molecule has 0 aliphatic carbocycles. The largest absolute Gasteiger partial charge is 0.298 e. The first kappa shape index (κ1) is 12.0. The highest BCUT2D eigenvalue weighted by Crippen LogP contribution is 2.23. The molecule has 0 aromatic heterocycles. The van der Waals surface area contributed by atoms with E-state index < -0.39 is 0 Å². The predicted molar refractivity (Wildman–Crippen MR) is 71.8 cm³/mol. The van der Waals surface area contributed by atoms with Crippen molar-refractivity contribution in [3.05, 3.63) is 71.8 Å². The van der Waals surface area contributed by atoms with Crippen LogP contribution < -0.4 is 0 Å². The van der Waals surface area contributed by atoms with Crippen LogP contribution in [0.3, 0.4) is 0 Å². The van der Waals surface area contributed by atoms with Gasteiger partial charge in [0.05, 0.1) is 0 Å². The summed E-state index contributed by atoms with van der Waals surface area (Å²) in [4.78, 5) is 22.5. The van der Waals surface area contributed by atoms with Crippen LogP contribution in [0.2, 0.25) is 0 Å². The summed E-state index contributed by atoms with van der Waals surface area (Å²) in [5.74, 6) is 0. The monoisotopic (exact) mass is 236 g/mol. The molecule has 0 radical (unpaired) electrons. The van der Waals surface area contributed by atoms with Gasteiger partial charge in [0.15, 0.2) is 12.6 Å². The topological polar surface area (TPSA) is 34.1 Å². The summed E-state index contributed by atoms with van der Waals surface area (Å²) in [7, 11) is 0. The minimum atomic E-state index is 0.414. The van der Waals surface area contributed by atoms with Crippen molar-refractivity contribution >= 4 is 23.7 Å². The van der Waals surface area contributed by atoms with Gasteiger partial charge in [0.25, 0.3) is 0 Å². The second kappa shape index (κ2) is 5.73. The summed E-state index contributed by atoms with van der Waals surface area (Å²) < 4.78 is 0. The first-order valence-corrected chi connectivity index (χ1v) is 5.62. The molecule has 0 aliphatic heterocycles. The zero-order valence-electron chi connectivity index (χ0n) is 9.74. The van der Waals surface area contributed by atoms with Gasteiger partial charge in [-0.25, -0.2) is 0 Å². The Morgan fingerprint density at radius 3 is 1.22 bits per heavy atom. The van der Waals surface area contributed by atoms with Gasteiger partial charge in [-0.05, 0) is 11.1 Å². The summed E-state index contributed by atoms with van der Waals surface area (Å²) in [5.41, 5.74) is 2.32. The minimum Gasteiger partial charge on any atom is -0.298 e. The summed E-state index contributed by atoms with van der Waals surface area (Å²) in [5, 5.41) is 0. The summed E-state index contributed by atoms with van der Waals surface area (Å²) in [6.45, 7) is 0. The molecule has 0 heterocycles. The average Bonchev–Trinajstić information content (AvgIpc) is 2.46. The van der Waals surface area contributed by atoms with Crippen LogP contribution in [0.5, 0.6) is 0 Å². The van der Waals surface area contributed by atoms with Gasteiger partial charge in [-0.3, -0.25) is 9.59 Å². The molecule has 0 saturated heterocycles. The maximum atomic E-state index is 11.3. The lowest BCUT2D eigenvalue weighted by molar-refractivity contribution is -0.105. The van der Waals surface area contributed by atoms with Crippen LogP contribution in [0, 0.1) is 0 Å². The number of allylic oxidation sites excluding steroid dienone is 2. The first-order chi connectivity index (χ1) is 8.86. The highest BCUT2D eigenvalue weighted by molar-refractivity contribution is 6.29. The average molecular weight is 236 g/mol. The van der Waals surface area contributed by atoms with Crippen molar-refractivity contribution in [2.75, 3.05) is 0 Å². The maximum Gasteiger partial charge on any atom is 0.151 e. The summed E-state index contributed by atoms with van der Waals surface area (Å²) in [6.07, 6.45) is 1.46. The van der Waals surface area contributed by atoms with E-state index in [1.165, 1.54) is 0 Å². The lowest BCUT2D eigenvalue weighted by atomic mass is 9.96. The van der Waals surface area contributed by atoms with Crippen LogP contribution in [0.1, 0.15) is 11.1 Å². The van der Waals surface area contributed by atoms with E-state index in [9.17, 15) is 9.59 Å². The van der Waals surface area contributed by atoms with E-state index in [0.29, 0.717) is 11.1 Å². The van der Waals surface area contributed by atoms with Crippen molar-refractivity contribution in [2.24, 2.45) is 0 Å². The first-order valence-electron chi connectivity index (χ1n) is 5.62. The lowest BCUT2D eigenvalue weighted by Crippen LogP contribution is -1.95. The van der Waals surface area contributed by atoms with Crippen molar-refractivity contribution in [3.63, 3.8) is 0 Å². The molecule has 0 spiro atoms. The van der Waals surface area contributed by atoms with Gasteiger partial charge >= 0.3 is 0 Å². The van der Waals surface area contributed by atoms with Gasteiger partial charge in [-0.2, -0.15) is 0 Å². The molecule has 0 bridgehead atoms. The predicted octanol–water partition coefficient (Wildman–Crippen LogP) is 3.00. The standard InChI is InChI=1S/C16H12O2/c17-11-15(13-7-3-1-4-8-13)16(12-18)14-9-5-2-6-10-14/h1-12H/b16-15+. The zero-order chi connectivity index (χ0) is 12.8. The van der Waals surface area contributed by atoms with E-state index in [0.717, 1.165) is 23.7 Å². The third-order valence-corrected chi connectivity index (χ3v) is 2.70. The molecular weight excluding hydrogens is 224 g/mol. The van der Waals surface area contributed by atoms with Crippen molar-refractivity contribution in [2.45, 2.75) is 0 Å². The van der Waals surface area contributed by atoms with E-state index in [4.69, 9.17) is 0 Å². The zero-order valence-corrected chi connectivity index (χ0v) is 9.74. The van der Waals surface area contributed by atoms with E-state index in [1.807, 2.05) is 60.7 Å². The second-order valence-electron chi connectivity index (χ2n) is 3.80. The number of hydrogen-bond acceptors (Lipinski definition) is 2. The van der Waals surface area contributed by atoms with Crippen molar-refractivity contribution in [1.82, 2.24) is 0 Å². The fourth-order valence-corrected chi connectivity index (χ4v) is 1.81. The fraction of sp³-hybridized carbons (Fsp3) is 0. The Labute approximate surface area is 106 Å². The smallest absolute Gasteiger partial charge is 0.151 e. The Balaban J connectivity index is 2.61. The summed E-state index contributed by atoms with van der Waals surface area (Å²) >= 11 is 0. The number of benzene rings is 2. The van der Waals surface area contributed by atoms with Crippen LogP contribution in [-0.4, -0.2) is 12.6 Å². The van der Waals surface area contributed by atoms with Crippen molar-refractivity contribution in [3.8, 4) is 0 Å². The maximum absolute atomic E-state index is 11.3. The van der Waals surface area contributed by atoms with Crippen molar-refractivity contribution in [1.29, 1.82) is 0 Å². The number of carbonyl (C=O) groups is 2. The molecule has 2 nitrogen and oxygen atoms in total. The molecule has 0 unspecified atom stereocenters. The third-order valence-electron chi connectivity index (χ3n) is 2.70. The molecule has 0 atom stereocenters. The third kappa shape index (κ3) is 2.43. The Morgan fingerprint density at radius 1 is 0.611 bits per heavy atom. The summed E-state index contributed by atoms with van der Waals surface area (Å²) in [6, 6.07) is 18.4. The van der Waals surface area contributed by atoms with Gasteiger partial charge in [0.2, 0.25) is 0 Å². The normalized spacial score (nSPS) is 11.6. The number of carbonyl (C=O) groups excluding carboxylic acids is 2. The molecular formula is C16H12O2. The van der Waals surface area contributed by atoms with Crippen molar-refractivity contribution < 1.29 is 9.59 Å². The highest BCUT2D eigenvalue weighted by Gasteiger charge is 2.09. The highest BCUT2D eigenvalue weighted by atomic mass is 16.1. The van der Waals surface area contributed by atoms with Crippen LogP contribution in [0.15, 0.2) is 60.7 Å². The number of rotatable bonds is 4. The quantitative estimate of drug-likeness (QED) is 0.464. The number of aldehydes is 2. The van der Waals surface area contributed by atoms with E-state index >= 15 is 0 Å². The van der Waals surface area contributed by atoms with Crippen LogP contribution in [0.25, 0.3) is 11.1 Å². The van der Waals surface area contributed by atoms with Gasteiger partial charge in [0, 0.05) is 11.1 Å². The van der Waals surface area contributed by atoms with Crippen LogP contribution >= 0.6 is 0 Å². The van der Waals surface area contributed by atoms with Gasteiger partial charge in [-0.1, -0.05) is 60.7 Å². The fourth-order valence-electron chi connectivity index (χ4n) is 1.81. The number of hydrogen-bond donors (Lipinski definition) is 0. The second-order valence-corrected chi connectivity index (χ2v) is 3.80. The molecule has 2 aromatic carbocycles. The lowest BCUT2D eigenvalue weighted by Gasteiger charge is -2.06. The molecule has 0 saturated carbocycles. The van der Waals surface area contributed by atoms with Crippen LogP contribution in [-0.2, 0) is 9.59 Å².